The van der Waals surface area contributed by atoms with E-state index in [9.17, 15) is 20.4 Å². The Morgan fingerprint density at radius 3 is 2.62 bits per heavy atom. The first kappa shape index (κ1) is 17.7. The van der Waals surface area contributed by atoms with Gasteiger partial charge in [-0.05, 0) is 47.8 Å². The van der Waals surface area contributed by atoms with E-state index in [1.807, 2.05) is 13.0 Å². The number of rotatable bonds is 2. The Bertz CT molecular complexity index is 624. The standard InChI is InChI=1S/C20H30O4/c1-12(11-21)13-7-14-15(16(22)8-13)10-20(24)6-4-5-19(2,3)18(20)9-17(14)23/h7-8,12,17-18,21-24H,4-6,9-11H2,1-3H3/t12-,17+,18+,20+/m1/s1. The third-order valence-corrected chi connectivity index (χ3v) is 6.45. The van der Waals surface area contributed by atoms with Crippen LogP contribution in [0.1, 0.15) is 75.2 Å². The SMILES string of the molecule is C[C@H](CO)c1cc(O)c2c(c1)[C@@H](O)C[C@H]1C(C)(C)CCC[C@]1(O)C2. The lowest BCUT2D eigenvalue weighted by Crippen LogP contribution is -2.50. The van der Waals surface area contributed by atoms with E-state index in [1.165, 1.54) is 0 Å². The second-order valence-electron chi connectivity index (χ2n) is 8.62. The van der Waals surface area contributed by atoms with E-state index in [0.717, 1.165) is 18.4 Å². The molecule has 4 atom stereocenters. The summed E-state index contributed by atoms with van der Waals surface area (Å²) in [6.45, 7) is 6.22. The van der Waals surface area contributed by atoms with Crippen molar-refractivity contribution in [3.8, 4) is 5.75 Å². The van der Waals surface area contributed by atoms with Crippen molar-refractivity contribution in [1.29, 1.82) is 0 Å². The van der Waals surface area contributed by atoms with Crippen molar-refractivity contribution in [2.45, 2.75) is 70.5 Å². The maximum absolute atomic E-state index is 11.4. The monoisotopic (exact) mass is 334 g/mol. The Hall–Kier alpha value is -1.10. The summed E-state index contributed by atoms with van der Waals surface area (Å²) >= 11 is 0. The average molecular weight is 334 g/mol. The highest BCUT2D eigenvalue weighted by Gasteiger charge is 2.51. The fraction of sp³-hybridized carbons (Fsp3) is 0.700. The van der Waals surface area contributed by atoms with Crippen LogP contribution in [0.3, 0.4) is 0 Å². The molecule has 24 heavy (non-hydrogen) atoms. The van der Waals surface area contributed by atoms with Gasteiger partial charge in [-0.1, -0.05) is 33.3 Å². The van der Waals surface area contributed by atoms with Gasteiger partial charge >= 0.3 is 0 Å². The maximum Gasteiger partial charge on any atom is 0.119 e. The molecule has 1 fully saturated rings. The quantitative estimate of drug-likeness (QED) is 0.670. The summed E-state index contributed by atoms with van der Waals surface area (Å²) in [5.74, 6) is 0.0250. The van der Waals surface area contributed by atoms with E-state index in [1.54, 1.807) is 6.07 Å². The van der Waals surface area contributed by atoms with Gasteiger partial charge in [0.15, 0.2) is 0 Å². The average Bonchev–Trinajstić information content (AvgIpc) is 2.62. The molecular weight excluding hydrogens is 304 g/mol. The van der Waals surface area contributed by atoms with E-state index in [-0.39, 0.29) is 29.6 Å². The molecule has 0 aromatic heterocycles. The number of phenolic OH excluding ortho intramolecular Hbond substituents is 1. The van der Waals surface area contributed by atoms with Gasteiger partial charge in [0.25, 0.3) is 0 Å². The fourth-order valence-electron chi connectivity index (χ4n) is 4.91. The van der Waals surface area contributed by atoms with E-state index < -0.39 is 11.7 Å². The number of hydrogen-bond acceptors (Lipinski definition) is 4. The number of hydrogen-bond donors (Lipinski definition) is 4. The highest BCUT2D eigenvalue weighted by molar-refractivity contribution is 5.47. The van der Waals surface area contributed by atoms with E-state index in [4.69, 9.17) is 0 Å². The van der Waals surface area contributed by atoms with Gasteiger partial charge in [-0.3, -0.25) is 0 Å². The predicted molar refractivity (Wildman–Crippen MR) is 93.0 cm³/mol. The zero-order valence-electron chi connectivity index (χ0n) is 14.9. The van der Waals surface area contributed by atoms with Crippen LogP contribution in [-0.4, -0.2) is 32.6 Å². The van der Waals surface area contributed by atoms with Gasteiger partial charge in [0.2, 0.25) is 0 Å². The highest BCUT2D eigenvalue weighted by atomic mass is 16.3. The summed E-state index contributed by atoms with van der Waals surface area (Å²) < 4.78 is 0. The third-order valence-electron chi connectivity index (χ3n) is 6.45. The van der Waals surface area contributed by atoms with Crippen molar-refractivity contribution < 1.29 is 20.4 Å². The predicted octanol–water partition coefficient (Wildman–Crippen LogP) is 3.03. The zero-order valence-corrected chi connectivity index (χ0v) is 14.9. The van der Waals surface area contributed by atoms with E-state index in [0.29, 0.717) is 30.4 Å². The Morgan fingerprint density at radius 1 is 1.25 bits per heavy atom. The lowest BCUT2D eigenvalue weighted by Gasteiger charge is -2.49. The molecule has 2 aliphatic rings. The van der Waals surface area contributed by atoms with Gasteiger partial charge in [0.1, 0.15) is 5.75 Å². The fourth-order valence-corrected chi connectivity index (χ4v) is 4.91. The number of aromatic hydroxyl groups is 1. The lowest BCUT2D eigenvalue weighted by molar-refractivity contribution is -0.112. The van der Waals surface area contributed by atoms with Crippen LogP contribution in [0.15, 0.2) is 12.1 Å². The minimum absolute atomic E-state index is 0.000680. The van der Waals surface area contributed by atoms with Crippen LogP contribution in [0.2, 0.25) is 0 Å². The van der Waals surface area contributed by atoms with Crippen LogP contribution in [0.5, 0.6) is 5.75 Å². The molecule has 1 saturated carbocycles. The second-order valence-corrected chi connectivity index (χ2v) is 8.62. The topological polar surface area (TPSA) is 80.9 Å². The van der Waals surface area contributed by atoms with Crippen molar-refractivity contribution >= 4 is 0 Å². The molecule has 3 rings (SSSR count). The first-order valence-corrected chi connectivity index (χ1v) is 9.05. The lowest BCUT2D eigenvalue weighted by atomic mass is 9.59. The Morgan fingerprint density at radius 2 is 1.96 bits per heavy atom. The number of benzene rings is 1. The van der Waals surface area contributed by atoms with Crippen LogP contribution >= 0.6 is 0 Å². The number of aliphatic hydroxyl groups excluding tert-OH is 2. The Balaban J connectivity index is 2.08. The molecule has 0 spiro atoms. The number of phenols is 1. The van der Waals surface area contributed by atoms with Gasteiger partial charge in [0.05, 0.1) is 11.7 Å². The van der Waals surface area contributed by atoms with Gasteiger partial charge in [-0.15, -0.1) is 0 Å². The summed E-state index contributed by atoms with van der Waals surface area (Å²) in [6.07, 6.45) is 2.91. The smallest absolute Gasteiger partial charge is 0.119 e. The normalized spacial score (nSPS) is 33.2. The van der Waals surface area contributed by atoms with Gasteiger partial charge < -0.3 is 20.4 Å². The molecule has 0 bridgehead atoms. The summed E-state index contributed by atoms with van der Waals surface area (Å²) in [5, 5.41) is 42.2. The van der Waals surface area contributed by atoms with Crippen molar-refractivity contribution in [2.24, 2.45) is 11.3 Å². The minimum atomic E-state index is -0.879. The molecule has 0 aliphatic heterocycles. The summed E-state index contributed by atoms with van der Waals surface area (Å²) in [4.78, 5) is 0. The second kappa shape index (κ2) is 6.01. The third kappa shape index (κ3) is 2.85. The van der Waals surface area contributed by atoms with Gasteiger partial charge in [-0.2, -0.15) is 0 Å². The maximum atomic E-state index is 11.4. The first-order chi connectivity index (χ1) is 11.2. The van der Waals surface area contributed by atoms with Gasteiger partial charge in [0, 0.05) is 24.5 Å². The first-order valence-electron chi connectivity index (χ1n) is 9.05. The molecule has 0 unspecified atom stereocenters. The van der Waals surface area contributed by atoms with E-state index in [2.05, 4.69) is 13.8 Å². The van der Waals surface area contributed by atoms with Gasteiger partial charge in [-0.25, -0.2) is 0 Å². The highest BCUT2D eigenvalue weighted by Crippen LogP contribution is 2.54. The molecule has 4 nitrogen and oxygen atoms in total. The van der Waals surface area contributed by atoms with Crippen LogP contribution in [0.4, 0.5) is 0 Å². The molecule has 4 heteroatoms. The molecular formula is C20H30O4. The summed E-state index contributed by atoms with van der Waals surface area (Å²) in [7, 11) is 0. The Labute approximate surface area is 144 Å². The van der Waals surface area contributed by atoms with Crippen LogP contribution in [0, 0.1) is 11.3 Å². The molecule has 0 heterocycles. The van der Waals surface area contributed by atoms with E-state index >= 15 is 0 Å². The number of aliphatic hydroxyl groups is 3. The molecule has 4 N–H and O–H groups in total. The van der Waals surface area contributed by atoms with Crippen LogP contribution < -0.4 is 0 Å². The molecule has 0 saturated heterocycles. The van der Waals surface area contributed by atoms with Crippen LogP contribution in [-0.2, 0) is 6.42 Å². The Kier molecular flexibility index (Phi) is 4.44. The molecule has 1 aromatic carbocycles. The zero-order chi connectivity index (χ0) is 17.7. The van der Waals surface area contributed by atoms with Crippen molar-refractivity contribution in [3.63, 3.8) is 0 Å². The minimum Gasteiger partial charge on any atom is -0.508 e. The van der Waals surface area contributed by atoms with Crippen molar-refractivity contribution in [1.82, 2.24) is 0 Å². The number of fused-ring (bicyclic) bond motifs is 2. The molecule has 2 aliphatic carbocycles. The molecule has 0 radical (unpaired) electrons. The van der Waals surface area contributed by atoms with Crippen molar-refractivity contribution in [3.05, 3.63) is 28.8 Å². The largest absolute Gasteiger partial charge is 0.508 e. The summed E-state index contributed by atoms with van der Waals surface area (Å²) in [5.41, 5.74) is 1.29. The molecule has 1 aromatic rings. The molecule has 0 amide bonds. The summed E-state index contributed by atoms with van der Waals surface area (Å²) in [6, 6.07) is 3.57. The molecule has 134 valence electrons. The van der Waals surface area contributed by atoms with Crippen LogP contribution in [0.25, 0.3) is 0 Å². The van der Waals surface area contributed by atoms with Crippen molar-refractivity contribution in [2.75, 3.05) is 6.61 Å².